The number of nitrogens with zero attached hydrogens (tertiary/aromatic N) is 1. The van der Waals surface area contributed by atoms with Crippen LogP contribution >= 0.6 is 0 Å². The van der Waals surface area contributed by atoms with Gasteiger partial charge in [0.15, 0.2) is 0 Å². The molecular weight excluding hydrogens is 236 g/mol. The van der Waals surface area contributed by atoms with Crippen molar-refractivity contribution in [1.82, 2.24) is 10.2 Å². The van der Waals surface area contributed by atoms with Crippen LogP contribution in [0.2, 0.25) is 0 Å². The van der Waals surface area contributed by atoms with Gasteiger partial charge in [0.05, 0.1) is 12.8 Å². The van der Waals surface area contributed by atoms with Gasteiger partial charge in [-0.05, 0) is 44.0 Å². The van der Waals surface area contributed by atoms with Crippen molar-refractivity contribution in [3.8, 4) is 0 Å². The third-order valence-corrected chi connectivity index (χ3v) is 4.17. The fourth-order valence-electron chi connectivity index (χ4n) is 2.91. The van der Waals surface area contributed by atoms with Crippen LogP contribution < -0.4 is 5.32 Å². The first-order valence-corrected chi connectivity index (χ1v) is 7.84. The van der Waals surface area contributed by atoms with Gasteiger partial charge in [-0.15, -0.1) is 0 Å². The Morgan fingerprint density at radius 3 is 2.84 bits per heavy atom. The molecule has 3 heteroatoms. The second kappa shape index (κ2) is 8.39. The highest BCUT2D eigenvalue weighted by atomic mass is 16.3. The summed E-state index contributed by atoms with van der Waals surface area (Å²) in [4.78, 5) is 2.42. The van der Waals surface area contributed by atoms with E-state index in [0.29, 0.717) is 0 Å². The average molecular weight is 264 g/mol. The number of likely N-dealkylation sites (N-methyl/N-ethyl adjacent to an activating group) is 1. The van der Waals surface area contributed by atoms with Crippen molar-refractivity contribution in [2.75, 3.05) is 26.2 Å². The first-order chi connectivity index (χ1) is 9.38. The Morgan fingerprint density at radius 1 is 1.32 bits per heavy atom. The Labute approximate surface area is 117 Å². The summed E-state index contributed by atoms with van der Waals surface area (Å²) in [6.07, 6.45) is 8.93. The molecule has 0 radical (unpaired) electrons. The fraction of sp³-hybridized carbons (Fsp3) is 0.750. The van der Waals surface area contributed by atoms with Crippen molar-refractivity contribution in [3.05, 3.63) is 24.2 Å². The lowest BCUT2D eigenvalue weighted by Gasteiger charge is -2.23. The summed E-state index contributed by atoms with van der Waals surface area (Å²) in [5.41, 5.74) is 0. The Balaban J connectivity index is 1.57. The van der Waals surface area contributed by atoms with Crippen LogP contribution in [0.4, 0.5) is 0 Å². The van der Waals surface area contributed by atoms with E-state index in [2.05, 4.69) is 23.2 Å². The Hall–Kier alpha value is -0.800. The zero-order chi connectivity index (χ0) is 13.3. The number of nitrogens with one attached hydrogen (secondary N) is 1. The molecule has 0 aliphatic heterocycles. The molecule has 2 rings (SSSR count). The average Bonchev–Trinajstić information content (AvgIpc) is 2.96. The molecule has 0 atom stereocenters. The van der Waals surface area contributed by atoms with E-state index in [4.69, 9.17) is 4.42 Å². The normalized spacial score (nSPS) is 17.2. The Morgan fingerprint density at radius 2 is 2.16 bits per heavy atom. The molecule has 1 aliphatic carbocycles. The lowest BCUT2D eigenvalue weighted by Crippen LogP contribution is -2.34. The van der Waals surface area contributed by atoms with Gasteiger partial charge in [-0.2, -0.15) is 0 Å². The SMILES string of the molecule is CCN(CCNCC1CCCCC1)Cc1ccco1. The van der Waals surface area contributed by atoms with Gasteiger partial charge < -0.3 is 9.73 Å². The highest BCUT2D eigenvalue weighted by Gasteiger charge is 2.12. The molecule has 1 saturated carbocycles. The predicted octanol–water partition coefficient (Wildman–Crippen LogP) is 3.27. The molecule has 19 heavy (non-hydrogen) atoms. The van der Waals surface area contributed by atoms with Gasteiger partial charge in [-0.3, -0.25) is 4.90 Å². The first kappa shape index (κ1) is 14.6. The molecule has 0 unspecified atom stereocenters. The molecule has 1 aromatic heterocycles. The Kier molecular flexibility index (Phi) is 6.45. The zero-order valence-electron chi connectivity index (χ0n) is 12.2. The summed E-state index contributed by atoms with van der Waals surface area (Å²) in [6, 6.07) is 4.02. The molecule has 0 bridgehead atoms. The first-order valence-electron chi connectivity index (χ1n) is 7.84. The largest absolute Gasteiger partial charge is 0.468 e. The molecule has 108 valence electrons. The van der Waals surface area contributed by atoms with Crippen molar-refractivity contribution in [1.29, 1.82) is 0 Å². The second-order valence-electron chi connectivity index (χ2n) is 5.66. The summed E-state index contributed by atoms with van der Waals surface area (Å²) in [5.74, 6) is 1.99. The lowest BCUT2D eigenvalue weighted by atomic mass is 9.89. The third-order valence-electron chi connectivity index (χ3n) is 4.17. The van der Waals surface area contributed by atoms with Crippen LogP contribution in [0.15, 0.2) is 22.8 Å². The monoisotopic (exact) mass is 264 g/mol. The van der Waals surface area contributed by atoms with Crippen LogP contribution in [-0.2, 0) is 6.54 Å². The van der Waals surface area contributed by atoms with E-state index >= 15 is 0 Å². The molecule has 1 heterocycles. The maximum absolute atomic E-state index is 5.41. The summed E-state index contributed by atoms with van der Waals surface area (Å²) < 4.78 is 5.41. The van der Waals surface area contributed by atoms with Crippen LogP contribution in [0.25, 0.3) is 0 Å². The number of hydrogen-bond acceptors (Lipinski definition) is 3. The van der Waals surface area contributed by atoms with Crippen molar-refractivity contribution in [2.45, 2.75) is 45.6 Å². The molecule has 0 saturated heterocycles. The van der Waals surface area contributed by atoms with E-state index in [9.17, 15) is 0 Å². The second-order valence-corrected chi connectivity index (χ2v) is 5.66. The molecule has 1 aliphatic rings. The highest BCUT2D eigenvalue weighted by molar-refractivity contribution is 4.97. The summed E-state index contributed by atoms with van der Waals surface area (Å²) in [7, 11) is 0. The molecule has 1 N–H and O–H groups in total. The Bertz CT molecular complexity index is 317. The van der Waals surface area contributed by atoms with Crippen LogP contribution in [0, 0.1) is 5.92 Å². The van der Waals surface area contributed by atoms with E-state index in [0.717, 1.165) is 37.9 Å². The fourth-order valence-corrected chi connectivity index (χ4v) is 2.91. The molecule has 0 aromatic carbocycles. The minimum atomic E-state index is 0.925. The van der Waals surface area contributed by atoms with Gasteiger partial charge in [-0.1, -0.05) is 26.2 Å². The third kappa shape index (κ3) is 5.37. The predicted molar refractivity (Wildman–Crippen MR) is 79.1 cm³/mol. The van der Waals surface area contributed by atoms with E-state index in [1.54, 1.807) is 6.26 Å². The molecule has 1 fully saturated rings. The van der Waals surface area contributed by atoms with Crippen molar-refractivity contribution in [3.63, 3.8) is 0 Å². The quantitative estimate of drug-likeness (QED) is 0.730. The van der Waals surface area contributed by atoms with Gasteiger partial charge in [0, 0.05) is 13.1 Å². The standard InChI is InChI=1S/C16H28N2O/c1-2-18(14-16-9-6-12-19-16)11-10-17-13-15-7-4-3-5-8-15/h6,9,12,15,17H,2-5,7-8,10-11,13-14H2,1H3. The maximum Gasteiger partial charge on any atom is 0.117 e. The highest BCUT2D eigenvalue weighted by Crippen LogP contribution is 2.22. The minimum absolute atomic E-state index is 0.925. The molecule has 3 nitrogen and oxygen atoms in total. The number of hydrogen-bond donors (Lipinski definition) is 1. The van der Waals surface area contributed by atoms with Gasteiger partial charge in [0.1, 0.15) is 5.76 Å². The van der Waals surface area contributed by atoms with Crippen LogP contribution in [0.3, 0.4) is 0 Å². The van der Waals surface area contributed by atoms with E-state index in [-0.39, 0.29) is 0 Å². The van der Waals surface area contributed by atoms with E-state index in [1.807, 2.05) is 6.07 Å². The molecule has 0 amide bonds. The van der Waals surface area contributed by atoms with Crippen LogP contribution in [-0.4, -0.2) is 31.1 Å². The molecular formula is C16H28N2O. The van der Waals surface area contributed by atoms with Crippen LogP contribution in [0.5, 0.6) is 0 Å². The van der Waals surface area contributed by atoms with Crippen molar-refractivity contribution < 1.29 is 4.42 Å². The summed E-state index contributed by atoms with van der Waals surface area (Å²) in [6.45, 7) is 7.61. The van der Waals surface area contributed by atoms with E-state index < -0.39 is 0 Å². The van der Waals surface area contributed by atoms with Gasteiger partial charge in [0.25, 0.3) is 0 Å². The smallest absolute Gasteiger partial charge is 0.117 e. The van der Waals surface area contributed by atoms with E-state index in [1.165, 1.54) is 38.6 Å². The van der Waals surface area contributed by atoms with Gasteiger partial charge in [0.2, 0.25) is 0 Å². The van der Waals surface area contributed by atoms with Crippen LogP contribution in [0.1, 0.15) is 44.8 Å². The molecule has 1 aromatic rings. The van der Waals surface area contributed by atoms with Crippen molar-refractivity contribution >= 4 is 0 Å². The van der Waals surface area contributed by atoms with Gasteiger partial charge >= 0.3 is 0 Å². The number of rotatable bonds is 8. The van der Waals surface area contributed by atoms with Crippen molar-refractivity contribution in [2.24, 2.45) is 5.92 Å². The summed E-state index contributed by atoms with van der Waals surface area (Å²) >= 11 is 0. The maximum atomic E-state index is 5.41. The van der Waals surface area contributed by atoms with Gasteiger partial charge in [-0.25, -0.2) is 0 Å². The topological polar surface area (TPSA) is 28.4 Å². The zero-order valence-corrected chi connectivity index (χ0v) is 12.2. The summed E-state index contributed by atoms with van der Waals surface area (Å²) in [5, 5.41) is 3.63. The minimum Gasteiger partial charge on any atom is -0.468 e. The number of furan rings is 1. The lowest BCUT2D eigenvalue weighted by molar-refractivity contribution is 0.250. The molecule has 0 spiro atoms.